The zero-order chi connectivity index (χ0) is 19.1. The Bertz CT molecular complexity index is 707. The van der Waals surface area contributed by atoms with Gasteiger partial charge in [-0.1, -0.05) is 13.2 Å². The lowest BCUT2D eigenvalue weighted by Crippen LogP contribution is -2.11. The highest BCUT2D eigenvalue weighted by atomic mass is 16.5. The predicted molar refractivity (Wildman–Crippen MR) is 92.9 cm³/mol. The third kappa shape index (κ3) is 5.86. The van der Waals surface area contributed by atoms with Crippen molar-refractivity contribution >= 4 is 23.7 Å². The Morgan fingerprint density at radius 3 is 1.68 bits per heavy atom. The second kappa shape index (κ2) is 8.76. The molecule has 25 heavy (non-hydrogen) atoms. The van der Waals surface area contributed by atoms with Gasteiger partial charge in [-0.2, -0.15) is 4.99 Å². The second-order valence-corrected chi connectivity index (χ2v) is 5.72. The molecule has 132 valence electrons. The number of carbonyl (C=O) groups is 2. The molecule has 2 atom stereocenters. The lowest BCUT2D eigenvalue weighted by molar-refractivity contribution is -0.144. The van der Waals surface area contributed by atoms with E-state index in [0.717, 1.165) is 0 Å². The van der Waals surface area contributed by atoms with Crippen LogP contribution in [0, 0.1) is 0 Å². The number of carbonyl (C=O) groups excluding carboxylic acids is 3. The molecule has 1 rings (SSSR count). The fraction of sp³-hybridized carbons (Fsp3) is 0.316. The molecule has 0 aliphatic carbocycles. The number of rotatable bonds is 7. The molecule has 0 N–H and O–H groups in total. The Hall–Kier alpha value is -2.98. The van der Waals surface area contributed by atoms with Crippen LogP contribution in [0.1, 0.15) is 51.0 Å². The first-order chi connectivity index (χ1) is 11.6. The van der Waals surface area contributed by atoms with Gasteiger partial charge in [-0.25, -0.2) is 14.4 Å². The van der Waals surface area contributed by atoms with Crippen molar-refractivity contribution in [1.82, 2.24) is 0 Å². The summed E-state index contributed by atoms with van der Waals surface area (Å²) < 4.78 is 10.6. The zero-order valence-corrected chi connectivity index (χ0v) is 14.8. The predicted octanol–water partition coefficient (Wildman–Crippen LogP) is 4.01. The van der Waals surface area contributed by atoms with Gasteiger partial charge in [0.25, 0.3) is 0 Å². The van der Waals surface area contributed by atoms with Crippen molar-refractivity contribution < 1.29 is 23.9 Å². The van der Waals surface area contributed by atoms with E-state index in [4.69, 9.17) is 9.47 Å². The van der Waals surface area contributed by atoms with Crippen LogP contribution in [0.25, 0.3) is 0 Å². The second-order valence-electron chi connectivity index (χ2n) is 5.72. The van der Waals surface area contributed by atoms with Crippen LogP contribution >= 0.6 is 0 Å². The van der Waals surface area contributed by atoms with Gasteiger partial charge < -0.3 is 9.47 Å². The lowest BCUT2D eigenvalue weighted by atomic mass is 10.0. The van der Waals surface area contributed by atoms with E-state index in [-0.39, 0.29) is 11.1 Å². The molecule has 0 fully saturated rings. The minimum absolute atomic E-state index is 0.276. The summed E-state index contributed by atoms with van der Waals surface area (Å²) in [6.45, 7) is 13.5. The van der Waals surface area contributed by atoms with E-state index >= 15 is 0 Å². The maximum Gasteiger partial charge on any atom is 0.333 e. The highest BCUT2D eigenvalue weighted by Gasteiger charge is 2.18. The van der Waals surface area contributed by atoms with Gasteiger partial charge in [0.05, 0.1) is 5.69 Å². The van der Waals surface area contributed by atoms with Gasteiger partial charge in [-0.3, -0.25) is 0 Å². The molecule has 0 heterocycles. The van der Waals surface area contributed by atoms with Crippen LogP contribution in [0.5, 0.6) is 0 Å². The van der Waals surface area contributed by atoms with Crippen molar-refractivity contribution in [2.24, 2.45) is 4.99 Å². The van der Waals surface area contributed by atoms with Crippen LogP contribution in [0.2, 0.25) is 0 Å². The fourth-order valence-electron chi connectivity index (χ4n) is 1.90. The molecule has 0 saturated heterocycles. The van der Waals surface area contributed by atoms with Crippen molar-refractivity contribution in [2.45, 2.75) is 39.9 Å². The molecule has 1 aromatic rings. The summed E-state index contributed by atoms with van der Waals surface area (Å²) in [6.07, 6.45) is 0.260. The molecule has 2 unspecified atom stereocenters. The normalized spacial score (nSPS) is 12.3. The fourth-order valence-corrected chi connectivity index (χ4v) is 1.90. The summed E-state index contributed by atoms with van der Waals surface area (Å²) in [5.41, 5.74) is 2.06. The number of benzene rings is 1. The van der Waals surface area contributed by atoms with Crippen LogP contribution in [0.15, 0.2) is 47.5 Å². The first-order valence-electron chi connectivity index (χ1n) is 7.61. The van der Waals surface area contributed by atoms with Crippen LogP contribution in [0.3, 0.4) is 0 Å². The van der Waals surface area contributed by atoms with Gasteiger partial charge in [-0.05, 0) is 57.0 Å². The molecule has 6 nitrogen and oxygen atoms in total. The van der Waals surface area contributed by atoms with Gasteiger partial charge in [-0.15, -0.1) is 0 Å². The van der Waals surface area contributed by atoms with Gasteiger partial charge in [0.1, 0.15) is 12.2 Å². The largest absolute Gasteiger partial charge is 0.454 e. The van der Waals surface area contributed by atoms with E-state index in [1.54, 1.807) is 45.9 Å². The van der Waals surface area contributed by atoms with Crippen LogP contribution in [-0.2, 0) is 23.9 Å². The Kier molecular flexibility index (Phi) is 7.03. The molecule has 0 radical (unpaired) electrons. The number of hydrogen-bond donors (Lipinski definition) is 0. The van der Waals surface area contributed by atoms with Crippen LogP contribution in [0.4, 0.5) is 5.69 Å². The topological polar surface area (TPSA) is 82.0 Å². The van der Waals surface area contributed by atoms with E-state index in [1.165, 1.54) is 6.08 Å². The molecular weight excluding hydrogens is 322 g/mol. The van der Waals surface area contributed by atoms with Gasteiger partial charge in [0, 0.05) is 11.1 Å². The molecule has 0 aliphatic rings. The molecule has 0 saturated carbocycles. The monoisotopic (exact) mass is 343 g/mol. The smallest absolute Gasteiger partial charge is 0.333 e. The van der Waals surface area contributed by atoms with Crippen molar-refractivity contribution in [2.75, 3.05) is 0 Å². The van der Waals surface area contributed by atoms with Crippen molar-refractivity contribution in [3.05, 3.63) is 53.6 Å². The Balaban J connectivity index is 3.18. The van der Waals surface area contributed by atoms with Crippen LogP contribution < -0.4 is 0 Å². The number of aliphatic imine (C=N–C) groups is 1. The van der Waals surface area contributed by atoms with Crippen molar-refractivity contribution in [1.29, 1.82) is 0 Å². The average Bonchev–Trinajstić information content (AvgIpc) is 2.54. The van der Waals surface area contributed by atoms with Gasteiger partial charge in [0.2, 0.25) is 6.08 Å². The van der Waals surface area contributed by atoms with E-state index in [1.807, 2.05) is 0 Å². The Labute approximate surface area is 146 Å². The summed E-state index contributed by atoms with van der Waals surface area (Å²) in [6, 6.07) is 4.91. The number of nitrogens with zero attached hydrogens (tertiary/aromatic N) is 1. The van der Waals surface area contributed by atoms with E-state index < -0.39 is 24.1 Å². The zero-order valence-electron chi connectivity index (χ0n) is 14.8. The average molecular weight is 343 g/mol. The minimum atomic E-state index is -0.603. The Morgan fingerprint density at radius 2 is 1.36 bits per heavy atom. The highest BCUT2D eigenvalue weighted by Crippen LogP contribution is 2.29. The van der Waals surface area contributed by atoms with Gasteiger partial charge in [0.15, 0.2) is 0 Å². The molecule has 0 amide bonds. The maximum atomic E-state index is 11.7. The molecule has 6 heteroatoms. The highest BCUT2D eigenvalue weighted by molar-refractivity contribution is 5.87. The number of ether oxygens (including phenoxy) is 2. The summed E-state index contributed by atoms with van der Waals surface area (Å²) in [7, 11) is 0. The van der Waals surface area contributed by atoms with E-state index in [2.05, 4.69) is 18.2 Å². The first kappa shape index (κ1) is 20.1. The van der Waals surface area contributed by atoms with Crippen molar-refractivity contribution in [3.8, 4) is 0 Å². The Morgan fingerprint density at radius 1 is 0.960 bits per heavy atom. The lowest BCUT2D eigenvalue weighted by Gasteiger charge is -2.18. The standard InChI is InChI=1S/C19H21NO5/c1-11(2)18(22)24-13(5)15-7-16(9-17(8-15)20-10-21)14(6)25-19(23)12(3)4/h7-9,13-14H,1,3H2,2,4-6H3. The van der Waals surface area contributed by atoms with Gasteiger partial charge >= 0.3 is 11.9 Å². The molecule has 1 aromatic carbocycles. The third-order valence-corrected chi connectivity index (χ3v) is 3.34. The van der Waals surface area contributed by atoms with Crippen LogP contribution in [-0.4, -0.2) is 18.0 Å². The minimum Gasteiger partial charge on any atom is -0.454 e. The third-order valence-electron chi connectivity index (χ3n) is 3.34. The summed E-state index contributed by atoms with van der Waals surface area (Å²) in [5.74, 6) is -1.06. The van der Waals surface area contributed by atoms with E-state index in [9.17, 15) is 14.4 Å². The molecule has 0 aliphatic heterocycles. The summed E-state index contributed by atoms with van der Waals surface area (Å²) >= 11 is 0. The maximum absolute atomic E-state index is 11.7. The number of isocyanates is 1. The number of esters is 2. The summed E-state index contributed by atoms with van der Waals surface area (Å²) in [4.78, 5) is 37.6. The molecule has 0 spiro atoms. The SMILES string of the molecule is C=C(C)C(=O)OC(C)c1cc(N=C=O)cc(C(C)OC(=O)C(=C)C)c1. The quantitative estimate of drug-likeness (QED) is 0.323. The van der Waals surface area contributed by atoms with Crippen molar-refractivity contribution in [3.63, 3.8) is 0 Å². The molecular formula is C19H21NO5. The molecule has 0 aromatic heterocycles. The summed E-state index contributed by atoms with van der Waals surface area (Å²) in [5, 5.41) is 0. The molecule has 0 bridgehead atoms. The van der Waals surface area contributed by atoms with E-state index in [0.29, 0.717) is 16.8 Å². The first-order valence-corrected chi connectivity index (χ1v) is 7.61. The number of hydrogen-bond acceptors (Lipinski definition) is 6.